The summed E-state index contributed by atoms with van der Waals surface area (Å²) in [6.45, 7) is 0. The fourth-order valence-corrected chi connectivity index (χ4v) is 1.54. The minimum Gasteiger partial charge on any atom is -0.341 e. The summed E-state index contributed by atoms with van der Waals surface area (Å²) in [6, 6.07) is 10.1. The van der Waals surface area contributed by atoms with E-state index in [1.54, 1.807) is 6.33 Å². The molecular formula is C11H10N2S. The van der Waals surface area contributed by atoms with Crippen molar-refractivity contribution in [3.8, 4) is 11.1 Å². The molecule has 3 heteroatoms. The second-order valence-corrected chi connectivity index (χ2v) is 3.51. The zero-order valence-electron chi connectivity index (χ0n) is 7.84. The smallest absolute Gasteiger partial charge is 0.137 e. The fraction of sp³-hybridized carbons (Fsp3) is 0.0909. The van der Waals surface area contributed by atoms with Gasteiger partial charge in [0.05, 0.1) is 6.33 Å². The molecule has 14 heavy (non-hydrogen) atoms. The van der Waals surface area contributed by atoms with Crippen LogP contribution in [0.15, 0.2) is 42.9 Å². The molecule has 0 aliphatic carbocycles. The highest BCUT2D eigenvalue weighted by molar-refractivity contribution is 7.71. The lowest BCUT2D eigenvalue weighted by Crippen LogP contribution is -1.93. The van der Waals surface area contributed by atoms with Gasteiger partial charge in [0, 0.05) is 18.8 Å². The van der Waals surface area contributed by atoms with Gasteiger partial charge < -0.3 is 4.57 Å². The van der Waals surface area contributed by atoms with Crippen LogP contribution in [0.3, 0.4) is 0 Å². The average Bonchev–Trinajstić information content (AvgIpc) is 2.23. The third kappa shape index (κ3) is 1.72. The van der Waals surface area contributed by atoms with Gasteiger partial charge in [-0.25, -0.2) is 4.98 Å². The summed E-state index contributed by atoms with van der Waals surface area (Å²) in [5.74, 6) is 0. The molecule has 1 aromatic heterocycles. The summed E-state index contributed by atoms with van der Waals surface area (Å²) >= 11 is 5.17. The SMILES string of the molecule is Cn1cnc(=S)c(-c2ccccc2)c1. The molecule has 0 saturated carbocycles. The maximum absolute atomic E-state index is 5.17. The van der Waals surface area contributed by atoms with Crippen LogP contribution in [-0.4, -0.2) is 9.55 Å². The summed E-state index contributed by atoms with van der Waals surface area (Å²) in [5.41, 5.74) is 2.12. The molecule has 0 radical (unpaired) electrons. The van der Waals surface area contributed by atoms with Gasteiger partial charge in [-0.15, -0.1) is 0 Å². The van der Waals surface area contributed by atoms with E-state index in [0.29, 0.717) is 4.64 Å². The normalized spacial score (nSPS) is 10.1. The van der Waals surface area contributed by atoms with Gasteiger partial charge in [-0.05, 0) is 5.56 Å². The van der Waals surface area contributed by atoms with E-state index in [-0.39, 0.29) is 0 Å². The van der Waals surface area contributed by atoms with Gasteiger partial charge in [0.2, 0.25) is 0 Å². The minimum atomic E-state index is 0.648. The van der Waals surface area contributed by atoms with Crippen molar-refractivity contribution in [2.24, 2.45) is 7.05 Å². The van der Waals surface area contributed by atoms with Crippen molar-refractivity contribution in [2.45, 2.75) is 0 Å². The summed E-state index contributed by atoms with van der Waals surface area (Å²) in [6.07, 6.45) is 3.71. The van der Waals surface area contributed by atoms with Crippen molar-refractivity contribution < 1.29 is 0 Å². The molecule has 0 saturated heterocycles. The van der Waals surface area contributed by atoms with E-state index < -0.39 is 0 Å². The Morgan fingerprint density at radius 3 is 2.64 bits per heavy atom. The van der Waals surface area contributed by atoms with E-state index >= 15 is 0 Å². The molecule has 0 spiro atoms. The van der Waals surface area contributed by atoms with Crippen LogP contribution in [0.2, 0.25) is 0 Å². The standard InChI is InChI=1S/C11H10N2S/c1-13-7-10(11(14)12-8-13)9-5-3-2-4-6-9/h2-8H,1H3. The molecule has 0 atom stereocenters. The zero-order chi connectivity index (χ0) is 9.97. The molecule has 0 bridgehead atoms. The highest BCUT2D eigenvalue weighted by Gasteiger charge is 1.99. The Morgan fingerprint density at radius 1 is 1.21 bits per heavy atom. The van der Waals surface area contributed by atoms with Crippen LogP contribution in [0, 0.1) is 4.64 Å². The average molecular weight is 202 g/mol. The first-order valence-electron chi connectivity index (χ1n) is 4.35. The first-order chi connectivity index (χ1) is 6.77. The van der Waals surface area contributed by atoms with Crippen LogP contribution < -0.4 is 0 Å². The van der Waals surface area contributed by atoms with Gasteiger partial charge in [0.1, 0.15) is 4.64 Å². The summed E-state index contributed by atoms with van der Waals surface area (Å²) < 4.78 is 2.55. The predicted molar refractivity (Wildman–Crippen MR) is 59.5 cm³/mol. The lowest BCUT2D eigenvalue weighted by Gasteiger charge is -2.03. The number of benzene rings is 1. The van der Waals surface area contributed by atoms with Gasteiger partial charge >= 0.3 is 0 Å². The molecule has 2 nitrogen and oxygen atoms in total. The molecular weight excluding hydrogens is 192 g/mol. The molecule has 1 heterocycles. The second-order valence-electron chi connectivity index (χ2n) is 3.12. The van der Waals surface area contributed by atoms with Crippen molar-refractivity contribution in [1.29, 1.82) is 0 Å². The largest absolute Gasteiger partial charge is 0.341 e. The molecule has 0 aliphatic rings. The van der Waals surface area contributed by atoms with E-state index in [1.165, 1.54) is 0 Å². The van der Waals surface area contributed by atoms with Crippen LogP contribution in [0.1, 0.15) is 0 Å². The second kappa shape index (κ2) is 3.72. The molecule has 2 aromatic rings. The van der Waals surface area contributed by atoms with E-state index in [0.717, 1.165) is 11.1 Å². The van der Waals surface area contributed by atoms with Gasteiger partial charge in [0.25, 0.3) is 0 Å². The number of rotatable bonds is 1. The van der Waals surface area contributed by atoms with Crippen LogP contribution in [0.4, 0.5) is 0 Å². The van der Waals surface area contributed by atoms with Crippen LogP contribution in [0.25, 0.3) is 11.1 Å². The van der Waals surface area contributed by atoms with Crippen LogP contribution >= 0.6 is 12.2 Å². The summed E-state index contributed by atoms with van der Waals surface area (Å²) in [7, 11) is 1.94. The number of aryl methyl sites for hydroxylation is 1. The Kier molecular flexibility index (Phi) is 2.41. The van der Waals surface area contributed by atoms with Gasteiger partial charge in [-0.3, -0.25) is 0 Å². The first-order valence-corrected chi connectivity index (χ1v) is 4.76. The molecule has 2 rings (SSSR count). The fourth-order valence-electron chi connectivity index (χ4n) is 1.32. The van der Waals surface area contributed by atoms with Crippen LogP contribution in [0.5, 0.6) is 0 Å². The molecule has 0 unspecified atom stereocenters. The monoisotopic (exact) mass is 202 g/mol. The maximum Gasteiger partial charge on any atom is 0.137 e. The van der Waals surface area contributed by atoms with Crippen molar-refractivity contribution in [2.75, 3.05) is 0 Å². The Balaban J connectivity index is 2.63. The highest BCUT2D eigenvalue weighted by Crippen LogP contribution is 2.18. The Bertz CT molecular complexity index is 488. The van der Waals surface area contributed by atoms with Gasteiger partial charge in [0.15, 0.2) is 0 Å². The minimum absolute atomic E-state index is 0.648. The van der Waals surface area contributed by atoms with Crippen LogP contribution in [-0.2, 0) is 7.05 Å². The maximum atomic E-state index is 5.17. The highest BCUT2D eigenvalue weighted by atomic mass is 32.1. The lowest BCUT2D eigenvalue weighted by atomic mass is 10.1. The summed E-state index contributed by atoms with van der Waals surface area (Å²) in [5, 5.41) is 0. The third-order valence-electron chi connectivity index (χ3n) is 2.01. The van der Waals surface area contributed by atoms with E-state index in [2.05, 4.69) is 4.98 Å². The quantitative estimate of drug-likeness (QED) is 0.662. The van der Waals surface area contributed by atoms with E-state index in [1.807, 2.05) is 48.1 Å². The Labute approximate surface area is 87.9 Å². The molecule has 0 amide bonds. The molecule has 0 aliphatic heterocycles. The number of nitrogens with zero attached hydrogens (tertiary/aromatic N) is 2. The van der Waals surface area contributed by atoms with Crippen molar-refractivity contribution in [3.05, 3.63) is 47.5 Å². The summed E-state index contributed by atoms with van der Waals surface area (Å²) in [4.78, 5) is 4.13. The Morgan fingerprint density at radius 2 is 1.93 bits per heavy atom. The number of hydrogen-bond acceptors (Lipinski definition) is 2. The van der Waals surface area contributed by atoms with Crippen molar-refractivity contribution >= 4 is 12.2 Å². The van der Waals surface area contributed by atoms with Crippen molar-refractivity contribution in [3.63, 3.8) is 0 Å². The van der Waals surface area contributed by atoms with Gasteiger partial charge in [-0.1, -0.05) is 42.5 Å². The van der Waals surface area contributed by atoms with Gasteiger partial charge in [-0.2, -0.15) is 0 Å². The Hall–Kier alpha value is -1.48. The first kappa shape index (κ1) is 9.09. The van der Waals surface area contributed by atoms with Crippen molar-refractivity contribution in [1.82, 2.24) is 9.55 Å². The predicted octanol–water partition coefficient (Wildman–Crippen LogP) is 2.82. The van der Waals surface area contributed by atoms with E-state index in [4.69, 9.17) is 12.2 Å². The van der Waals surface area contributed by atoms with E-state index in [9.17, 15) is 0 Å². The lowest BCUT2D eigenvalue weighted by molar-refractivity contribution is 0.862. The topological polar surface area (TPSA) is 17.8 Å². The number of aromatic nitrogens is 2. The number of hydrogen-bond donors (Lipinski definition) is 0. The molecule has 0 N–H and O–H groups in total. The molecule has 0 fully saturated rings. The molecule has 70 valence electrons. The zero-order valence-corrected chi connectivity index (χ0v) is 8.66. The third-order valence-corrected chi connectivity index (χ3v) is 2.33. The molecule has 1 aromatic carbocycles.